The molecule has 130 valence electrons. The van der Waals surface area contributed by atoms with Crippen LogP contribution in [0, 0.1) is 6.92 Å². The van der Waals surface area contributed by atoms with Crippen LogP contribution in [-0.2, 0) is 11.2 Å². The largest absolute Gasteiger partial charge is 0.397 e. The smallest absolute Gasteiger partial charge is 0.226 e. The summed E-state index contributed by atoms with van der Waals surface area (Å²) in [6.07, 6.45) is 3.95. The van der Waals surface area contributed by atoms with E-state index in [1.54, 1.807) is 6.07 Å². The summed E-state index contributed by atoms with van der Waals surface area (Å²) in [6.45, 7) is 1.91. The van der Waals surface area contributed by atoms with E-state index < -0.39 is 0 Å². The summed E-state index contributed by atoms with van der Waals surface area (Å²) in [5, 5.41) is 6.82. The minimum absolute atomic E-state index is 0. The molecule has 3 N–H and O–H groups in total. The lowest BCUT2D eigenvalue weighted by Crippen LogP contribution is -2.13. The molecule has 24 heavy (non-hydrogen) atoms. The predicted molar refractivity (Wildman–Crippen MR) is 98.4 cm³/mol. The van der Waals surface area contributed by atoms with Gasteiger partial charge in [0.1, 0.15) is 0 Å². The van der Waals surface area contributed by atoms with E-state index in [0.29, 0.717) is 42.4 Å². The number of anilines is 2. The quantitative estimate of drug-likeness (QED) is 0.696. The van der Waals surface area contributed by atoms with Gasteiger partial charge in [-0.25, -0.2) is 0 Å². The van der Waals surface area contributed by atoms with Crippen LogP contribution in [0.25, 0.3) is 0 Å². The zero-order chi connectivity index (χ0) is 16.4. The molecule has 0 atom stereocenters. The molecule has 8 heteroatoms. The van der Waals surface area contributed by atoms with Gasteiger partial charge in [0.25, 0.3) is 0 Å². The van der Waals surface area contributed by atoms with Crippen LogP contribution < -0.4 is 11.1 Å². The molecule has 1 aromatic heterocycles. The standard InChI is InChI=1S/C16H19BrN4O2.ClH/c1-9-7-11(17)8-12(15(9)18)19-13(22)3-2-4-14-20-16(21-23-14)10-5-6-10;/h7-8,10H,2-6,18H2,1H3,(H,19,22);1H. The summed E-state index contributed by atoms with van der Waals surface area (Å²) in [7, 11) is 0. The third kappa shape index (κ3) is 4.70. The molecule has 0 unspecified atom stereocenters. The van der Waals surface area contributed by atoms with Crippen LogP contribution in [0.3, 0.4) is 0 Å². The van der Waals surface area contributed by atoms with E-state index in [9.17, 15) is 4.79 Å². The summed E-state index contributed by atoms with van der Waals surface area (Å²) in [4.78, 5) is 16.4. The summed E-state index contributed by atoms with van der Waals surface area (Å²) < 4.78 is 6.08. The summed E-state index contributed by atoms with van der Waals surface area (Å²) in [5.41, 5.74) is 8.14. The zero-order valence-corrected chi connectivity index (χ0v) is 15.7. The van der Waals surface area contributed by atoms with E-state index in [-0.39, 0.29) is 18.3 Å². The maximum absolute atomic E-state index is 12.1. The maximum Gasteiger partial charge on any atom is 0.226 e. The monoisotopic (exact) mass is 414 g/mol. The second-order valence-corrected chi connectivity index (χ2v) is 6.82. The lowest BCUT2D eigenvalue weighted by atomic mass is 10.1. The molecule has 0 radical (unpaired) electrons. The Balaban J connectivity index is 0.00000208. The normalized spacial score (nSPS) is 13.4. The molecule has 3 rings (SSSR count). The van der Waals surface area contributed by atoms with Crippen LogP contribution in [0.15, 0.2) is 21.1 Å². The Kier molecular flexibility index (Phi) is 6.23. The Hall–Kier alpha value is -1.60. The highest BCUT2D eigenvalue weighted by Crippen LogP contribution is 2.38. The van der Waals surface area contributed by atoms with Crippen LogP contribution in [0.4, 0.5) is 11.4 Å². The molecule has 1 amide bonds. The number of nitrogen functional groups attached to an aromatic ring is 1. The van der Waals surface area contributed by atoms with Gasteiger partial charge in [0.15, 0.2) is 5.82 Å². The first-order chi connectivity index (χ1) is 11.0. The number of nitrogens with one attached hydrogen (secondary N) is 1. The van der Waals surface area contributed by atoms with Crippen molar-refractivity contribution in [2.24, 2.45) is 0 Å². The first-order valence-corrected chi connectivity index (χ1v) is 8.50. The van der Waals surface area contributed by atoms with Gasteiger partial charge in [0, 0.05) is 23.2 Å². The molecule has 0 saturated heterocycles. The van der Waals surface area contributed by atoms with Gasteiger partial charge in [-0.1, -0.05) is 21.1 Å². The Bertz CT molecular complexity index is 731. The van der Waals surface area contributed by atoms with Crippen molar-refractivity contribution in [3.8, 4) is 0 Å². The van der Waals surface area contributed by atoms with Gasteiger partial charge < -0.3 is 15.6 Å². The third-order valence-electron chi connectivity index (χ3n) is 3.85. The molecule has 2 aromatic rings. The predicted octanol–water partition coefficient (Wildman–Crippen LogP) is 3.98. The van der Waals surface area contributed by atoms with Crippen molar-refractivity contribution in [1.82, 2.24) is 10.1 Å². The van der Waals surface area contributed by atoms with Gasteiger partial charge in [-0.2, -0.15) is 4.98 Å². The van der Waals surface area contributed by atoms with Gasteiger partial charge in [0.2, 0.25) is 11.8 Å². The van der Waals surface area contributed by atoms with Crippen molar-refractivity contribution >= 4 is 45.6 Å². The van der Waals surface area contributed by atoms with Crippen LogP contribution in [0.2, 0.25) is 0 Å². The number of nitrogens with zero attached hydrogens (tertiary/aromatic N) is 2. The Morgan fingerprint density at radius 1 is 1.46 bits per heavy atom. The maximum atomic E-state index is 12.1. The SMILES string of the molecule is Cc1cc(Br)cc(NC(=O)CCCc2nc(C3CC3)no2)c1N.Cl. The van der Waals surface area contributed by atoms with E-state index in [4.69, 9.17) is 10.3 Å². The molecule has 1 aliphatic carbocycles. The third-order valence-corrected chi connectivity index (χ3v) is 4.30. The number of amides is 1. The average Bonchev–Trinajstić information content (AvgIpc) is 3.24. The number of halogens is 2. The van der Waals surface area contributed by atoms with Gasteiger partial charge >= 0.3 is 0 Å². The van der Waals surface area contributed by atoms with Gasteiger partial charge in [-0.05, 0) is 43.9 Å². The number of carbonyl (C=O) groups excluding carboxylic acids is 1. The lowest BCUT2D eigenvalue weighted by molar-refractivity contribution is -0.116. The topological polar surface area (TPSA) is 94.0 Å². The molecule has 6 nitrogen and oxygen atoms in total. The number of hydrogen-bond acceptors (Lipinski definition) is 5. The average molecular weight is 416 g/mol. The second kappa shape index (κ2) is 7.98. The minimum atomic E-state index is -0.0730. The molecule has 1 heterocycles. The van der Waals surface area contributed by atoms with Gasteiger partial charge in [-0.15, -0.1) is 12.4 Å². The van der Waals surface area contributed by atoms with Crippen LogP contribution in [0.1, 0.15) is 48.9 Å². The van der Waals surface area contributed by atoms with Gasteiger partial charge in [0.05, 0.1) is 11.4 Å². The highest BCUT2D eigenvalue weighted by Gasteiger charge is 2.28. The second-order valence-electron chi connectivity index (χ2n) is 5.91. The van der Waals surface area contributed by atoms with Crippen molar-refractivity contribution in [3.05, 3.63) is 33.9 Å². The van der Waals surface area contributed by atoms with Crippen LogP contribution >= 0.6 is 28.3 Å². The molecular formula is C16H20BrClN4O2. The number of hydrogen-bond donors (Lipinski definition) is 2. The summed E-state index contributed by atoms with van der Waals surface area (Å²) in [5.74, 6) is 1.83. The van der Waals surface area contributed by atoms with Gasteiger partial charge in [-0.3, -0.25) is 4.79 Å². The first kappa shape index (κ1) is 18.7. The van der Waals surface area contributed by atoms with Crippen LogP contribution in [0.5, 0.6) is 0 Å². The number of carbonyl (C=O) groups is 1. The lowest BCUT2D eigenvalue weighted by Gasteiger charge is -2.11. The minimum Gasteiger partial charge on any atom is -0.397 e. The number of rotatable bonds is 6. The van der Waals surface area contributed by atoms with Crippen molar-refractivity contribution in [1.29, 1.82) is 0 Å². The number of aromatic nitrogens is 2. The van der Waals surface area contributed by atoms with E-state index in [1.165, 1.54) is 0 Å². The number of aryl methyl sites for hydroxylation is 2. The summed E-state index contributed by atoms with van der Waals surface area (Å²) in [6, 6.07) is 3.72. The molecule has 1 aromatic carbocycles. The molecule has 1 fully saturated rings. The van der Waals surface area contributed by atoms with Crippen molar-refractivity contribution in [3.63, 3.8) is 0 Å². The molecule has 0 bridgehead atoms. The van der Waals surface area contributed by atoms with Crippen LogP contribution in [-0.4, -0.2) is 16.0 Å². The molecule has 1 saturated carbocycles. The van der Waals surface area contributed by atoms with E-state index >= 15 is 0 Å². The number of nitrogens with two attached hydrogens (primary N) is 1. The fourth-order valence-corrected chi connectivity index (χ4v) is 2.92. The van der Waals surface area contributed by atoms with E-state index in [2.05, 4.69) is 31.4 Å². The fraction of sp³-hybridized carbons (Fsp3) is 0.438. The fourth-order valence-electron chi connectivity index (χ4n) is 2.35. The molecule has 0 aliphatic heterocycles. The highest BCUT2D eigenvalue weighted by molar-refractivity contribution is 9.10. The molecule has 1 aliphatic rings. The summed E-state index contributed by atoms with van der Waals surface area (Å²) >= 11 is 3.40. The van der Waals surface area contributed by atoms with Crippen molar-refractivity contribution in [2.75, 3.05) is 11.1 Å². The zero-order valence-electron chi connectivity index (χ0n) is 13.3. The Labute approximate surface area is 155 Å². The highest BCUT2D eigenvalue weighted by atomic mass is 79.9. The molecule has 0 spiro atoms. The van der Waals surface area contributed by atoms with E-state index in [1.807, 2.05) is 13.0 Å². The van der Waals surface area contributed by atoms with Crippen molar-refractivity contribution in [2.45, 2.75) is 44.9 Å². The first-order valence-electron chi connectivity index (χ1n) is 7.71. The number of benzene rings is 1. The van der Waals surface area contributed by atoms with E-state index in [0.717, 1.165) is 28.7 Å². The molecular weight excluding hydrogens is 396 g/mol. The van der Waals surface area contributed by atoms with Crippen molar-refractivity contribution < 1.29 is 9.32 Å². The Morgan fingerprint density at radius 2 is 2.21 bits per heavy atom. The Morgan fingerprint density at radius 3 is 2.92 bits per heavy atom.